The first kappa shape index (κ1) is 13.1. The molecule has 0 heterocycles. The van der Waals surface area contributed by atoms with E-state index in [1.807, 2.05) is 42.5 Å². The molecule has 0 fully saturated rings. The number of hydrogen-bond acceptors (Lipinski definition) is 2. The predicted octanol–water partition coefficient (Wildman–Crippen LogP) is 3.94. The van der Waals surface area contributed by atoms with Crippen molar-refractivity contribution >= 4 is 28.4 Å². The third-order valence-electron chi connectivity index (χ3n) is 2.55. The summed E-state index contributed by atoms with van der Waals surface area (Å²) in [7, 11) is 0. The van der Waals surface area contributed by atoms with E-state index in [-0.39, 0.29) is 5.78 Å². The van der Waals surface area contributed by atoms with Crippen molar-refractivity contribution in [3.05, 3.63) is 63.7 Å². The molecule has 2 aromatic carbocycles. The molecule has 0 aromatic heterocycles. The molecule has 0 radical (unpaired) electrons. The van der Waals surface area contributed by atoms with Crippen molar-refractivity contribution in [2.45, 2.75) is 13.0 Å². The Morgan fingerprint density at radius 1 is 1.06 bits per heavy atom. The maximum absolute atomic E-state index is 12.1. The summed E-state index contributed by atoms with van der Waals surface area (Å²) in [6, 6.07) is 16.8. The van der Waals surface area contributed by atoms with Crippen LogP contribution in [0.1, 0.15) is 17.3 Å². The van der Waals surface area contributed by atoms with Gasteiger partial charge < -0.3 is 4.74 Å². The minimum Gasteiger partial charge on any atom is -0.483 e. The van der Waals surface area contributed by atoms with Crippen LogP contribution >= 0.6 is 22.6 Å². The standard InChI is InChI=1S/C15H13IO2/c1-11(15(17)12-5-3-2-4-6-12)18-14-9-7-13(16)8-10-14/h2-11H,1H3. The van der Waals surface area contributed by atoms with Gasteiger partial charge in [-0.15, -0.1) is 0 Å². The monoisotopic (exact) mass is 352 g/mol. The fourth-order valence-corrected chi connectivity index (χ4v) is 1.97. The number of halogens is 1. The van der Waals surface area contributed by atoms with Gasteiger partial charge in [0, 0.05) is 9.13 Å². The first-order valence-electron chi connectivity index (χ1n) is 5.68. The van der Waals surface area contributed by atoms with Crippen molar-refractivity contribution in [3.8, 4) is 5.75 Å². The average molecular weight is 352 g/mol. The molecule has 0 aliphatic carbocycles. The van der Waals surface area contributed by atoms with Crippen LogP contribution in [-0.4, -0.2) is 11.9 Å². The Bertz CT molecular complexity index is 520. The van der Waals surface area contributed by atoms with Crippen molar-refractivity contribution < 1.29 is 9.53 Å². The lowest BCUT2D eigenvalue weighted by molar-refractivity contribution is 0.0818. The summed E-state index contributed by atoms with van der Waals surface area (Å²) >= 11 is 2.23. The zero-order valence-corrected chi connectivity index (χ0v) is 12.1. The number of benzene rings is 2. The van der Waals surface area contributed by atoms with Gasteiger partial charge in [0.05, 0.1) is 0 Å². The summed E-state index contributed by atoms with van der Waals surface area (Å²) < 4.78 is 6.77. The highest BCUT2D eigenvalue weighted by Gasteiger charge is 2.16. The maximum Gasteiger partial charge on any atom is 0.202 e. The molecule has 1 atom stereocenters. The Kier molecular flexibility index (Phi) is 4.36. The topological polar surface area (TPSA) is 26.3 Å². The SMILES string of the molecule is CC(Oc1ccc(I)cc1)C(=O)c1ccccc1. The van der Waals surface area contributed by atoms with E-state index in [1.165, 1.54) is 0 Å². The molecule has 0 saturated heterocycles. The van der Waals surface area contributed by atoms with Crippen LogP contribution < -0.4 is 4.74 Å². The zero-order valence-electron chi connectivity index (χ0n) is 9.97. The van der Waals surface area contributed by atoms with Crippen LogP contribution in [0, 0.1) is 3.57 Å². The second-order valence-electron chi connectivity index (χ2n) is 3.94. The van der Waals surface area contributed by atoms with E-state index in [0.29, 0.717) is 11.3 Å². The highest BCUT2D eigenvalue weighted by Crippen LogP contribution is 2.16. The van der Waals surface area contributed by atoms with E-state index in [4.69, 9.17) is 4.74 Å². The molecule has 1 unspecified atom stereocenters. The minimum atomic E-state index is -0.479. The lowest BCUT2D eigenvalue weighted by Gasteiger charge is -2.13. The molecule has 2 aromatic rings. The third kappa shape index (κ3) is 3.32. The fourth-order valence-electron chi connectivity index (χ4n) is 1.61. The van der Waals surface area contributed by atoms with Crippen LogP contribution in [0.15, 0.2) is 54.6 Å². The molecule has 3 heteroatoms. The summed E-state index contributed by atoms with van der Waals surface area (Å²) in [6.07, 6.45) is -0.479. The minimum absolute atomic E-state index is 0.00542. The van der Waals surface area contributed by atoms with Crippen LogP contribution in [0.4, 0.5) is 0 Å². The van der Waals surface area contributed by atoms with Gasteiger partial charge in [0.15, 0.2) is 6.10 Å². The molecule has 0 amide bonds. The number of ether oxygens (including phenoxy) is 1. The van der Waals surface area contributed by atoms with Gasteiger partial charge in [-0.3, -0.25) is 4.79 Å². The first-order valence-corrected chi connectivity index (χ1v) is 6.76. The van der Waals surface area contributed by atoms with Crippen LogP contribution in [0.3, 0.4) is 0 Å². The Labute approximate surface area is 120 Å². The molecular formula is C15H13IO2. The highest BCUT2D eigenvalue weighted by molar-refractivity contribution is 14.1. The molecular weight excluding hydrogens is 339 g/mol. The summed E-state index contributed by atoms with van der Waals surface area (Å²) in [5.41, 5.74) is 0.676. The molecule has 0 bridgehead atoms. The van der Waals surface area contributed by atoms with Gasteiger partial charge >= 0.3 is 0 Å². The van der Waals surface area contributed by atoms with Crippen molar-refractivity contribution in [1.29, 1.82) is 0 Å². The fraction of sp³-hybridized carbons (Fsp3) is 0.133. The molecule has 0 aliphatic rings. The molecule has 0 aliphatic heterocycles. The number of Topliss-reactive ketones (excluding diaryl/α,β-unsaturated/α-hetero) is 1. The Morgan fingerprint density at radius 3 is 2.28 bits per heavy atom. The van der Waals surface area contributed by atoms with Crippen molar-refractivity contribution in [1.82, 2.24) is 0 Å². The highest BCUT2D eigenvalue weighted by atomic mass is 127. The second-order valence-corrected chi connectivity index (χ2v) is 5.19. The quantitative estimate of drug-likeness (QED) is 0.616. The van der Waals surface area contributed by atoms with Gasteiger partial charge in [-0.2, -0.15) is 0 Å². The van der Waals surface area contributed by atoms with E-state index in [9.17, 15) is 4.79 Å². The van der Waals surface area contributed by atoms with Crippen molar-refractivity contribution in [2.24, 2.45) is 0 Å². The van der Waals surface area contributed by atoms with E-state index >= 15 is 0 Å². The predicted molar refractivity (Wildman–Crippen MR) is 80.0 cm³/mol. The largest absolute Gasteiger partial charge is 0.483 e. The Hall–Kier alpha value is -1.36. The van der Waals surface area contributed by atoms with Gasteiger partial charge in [0.2, 0.25) is 5.78 Å². The Balaban J connectivity index is 2.06. The van der Waals surface area contributed by atoms with E-state index in [0.717, 1.165) is 3.57 Å². The lowest BCUT2D eigenvalue weighted by atomic mass is 10.1. The van der Waals surface area contributed by atoms with Crippen molar-refractivity contribution in [2.75, 3.05) is 0 Å². The summed E-state index contributed by atoms with van der Waals surface area (Å²) in [5, 5.41) is 0. The van der Waals surface area contributed by atoms with Crippen molar-refractivity contribution in [3.63, 3.8) is 0 Å². The molecule has 0 saturated carbocycles. The van der Waals surface area contributed by atoms with Crippen LogP contribution in [0.25, 0.3) is 0 Å². The maximum atomic E-state index is 12.1. The summed E-state index contributed by atoms with van der Waals surface area (Å²) in [4.78, 5) is 12.1. The molecule has 2 rings (SSSR count). The van der Waals surface area contributed by atoms with E-state index in [1.54, 1.807) is 19.1 Å². The van der Waals surface area contributed by atoms with E-state index in [2.05, 4.69) is 22.6 Å². The summed E-state index contributed by atoms with van der Waals surface area (Å²) in [6.45, 7) is 1.77. The zero-order chi connectivity index (χ0) is 13.0. The smallest absolute Gasteiger partial charge is 0.202 e. The number of hydrogen-bond donors (Lipinski definition) is 0. The van der Waals surface area contributed by atoms with Gasteiger partial charge in [0.25, 0.3) is 0 Å². The van der Waals surface area contributed by atoms with Gasteiger partial charge in [-0.25, -0.2) is 0 Å². The first-order chi connectivity index (χ1) is 8.66. The van der Waals surface area contributed by atoms with Crippen LogP contribution in [0.2, 0.25) is 0 Å². The third-order valence-corrected chi connectivity index (χ3v) is 3.27. The van der Waals surface area contributed by atoms with Gasteiger partial charge in [-0.1, -0.05) is 30.3 Å². The molecule has 2 nitrogen and oxygen atoms in total. The molecule has 0 spiro atoms. The van der Waals surface area contributed by atoms with Gasteiger partial charge in [-0.05, 0) is 53.8 Å². The summed E-state index contributed by atoms with van der Waals surface area (Å²) in [5.74, 6) is 0.710. The van der Waals surface area contributed by atoms with Crippen LogP contribution in [0.5, 0.6) is 5.75 Å². The van der Waals surface area contributed by atoms with Crippen LogP contribution in [-0.2, 0) is 0 Å². The normalized spacial score (nSPS) is 11.9. The number of carbonyl (C=O) groups is 1. The number of carbonyl (C=O) groups excluding carboxylic acids is 1. The average Bonchev–Trinajstić information content (AvgIpc) is 2.41. The van der Waals surface area contributed by atoms with E-state index < -0.39 is 6.10 Å². The lowest BCUT2D eigenvalue weighted by Crippen LogP contribution is -2.23. The second kappa shape index (κ2) is 6.00. The Morgan fingerprint density at radius 2 is 1.67 bits per heavy atom. The number of ketones is 1. The number of rotatable bonds is 4. The molecule has 92 valence electrons. The molecule has 0 N–H and O–H groups in total. The molecule has 18 heavy (non-hydrogen) atoms. The van der Waals surface area contributed by atoms with Gasteiger partial charge in [0.1, 0.15) is 5.75 Å².